The van der Waals surface area contributed by atoms with Crippen LogP contribution in [0.5, 0.6) is 0 Å². The smallest absolute Gasteiger partial charge is 0.0224 e. The molecule has 0 aromatic heterocycles. The molecule has 0 saturated carbocycles. The van der Waals surface area contributed by atoms with Gasteiger partial charge < -0.3 is 0 Å². The fraction of sp³-hybridized carbons (Fsp3) is 0.684. The molecule has 0 spiro atoms. The molecule has 1 aromatic carbocycles. The van der Waals surface area contributed by atoms with Gasteiger partial charge in [-0.2, -0.15) is 0 Å². The fourth-order valence-electron chi connectivity index (χ4n) is 4.86. The molecule has 0 radical (unpaired) electrons. The summed E-state index contributed by atoms with van der Waals surface area (Å²) in [7, 11) is 0. The number of benzene rings is 1. The van der Waals surface area contributed by atoms with Crippen molar-refractivity contribution in [1.82, 2.24) is 9.80 Å². The Morgan fingerprint density at radius 2 is 1.76 bits per heavy atom. The summed E-state index contributed by atoms with van der Waals surface area (Å²) >= 11 is 0. The van der Waals surface area contributed by atoms with E-state index >= 15 is 0 Å². The van der Waals surface area contributed by atoms with Gasteiger partial charge in [0.2, 0.25) is 0 Å². The van der Waals surface area contributed by atoms with Crippen LogP contribution in [0, 0.1) is 0 Å². The van der Waals surface area contributed by atoms with E-state index < -0.39 is 0 Å². The zero-order chi connectivity index (χ0) is 14.2. The van der Waals surface area contributed by atoms with Gasteiger partial charge in [-0.15, -0.1) is 0 Å². The first kappa shape index (κ1) is 13.8. The quantitative estimate of drug-likeness (QED) is 0.823. The highest BCUT2D eigenvalue weighted by atomic mass is 15.3. The van der Waals surface area contributed by atoms with Gasteiger partial charge in [-0.25, -0.2) is 0 Å². The van der Waals surface area contributed by atoms with E-state index in [1.807, 2.05) is 0 Å². The third kappa shape index (κ3) is 2.53. The molecule has 4 rings (SSSR count). The van der Waals surface area contributed by atoms with Crippen LogP contribution in [0.3, 0.4) is 0 Å². The minimum absolute atomic E-state index is 0.761. The SMILES string of the molecule is CCC1CN2CCCCC2CN1C1Cc2ccccc2C1. The Kier molecular flexibility index (Phi) is 3.76. The Bertz CT molecular complexity index is 473. The van der Waals surface area contributed by atoms with Crippen LogP contribution >= 0.6 is 0 Å². The van der Waals surface area contributed by atoms with Crippen LogP contribution in [-0.4, -0.2) is 47.6 Å². The molecule has 1 aromatic rings. The van der Waals surface area contributed by atoms with E-state index in [1.165, 1.54) is 58.2 Å². The topological polar surface area (TPSA) is 6.48 Å². The van der Waals surface area contributed by atoms with Crippen molar-refractivity contribution in [3.63, 3.8) is 0 Å². The highest BCUT2D eigenvalue weighted by Crippen LogP contribution is 2.32. The van der Waals surface area contributed by atoms with Crippen LogP contribution in [0.1, 0.15) is 43.7 Å². The molecule has 0 bridgehead atoms. The highest BCUT2D eigenvalue weighted by molar-refractivity contribution is 5.33. The second-order valence-electron chi connectivity index (χ2n) is 7.23. The predicted molar refractivity (Wildman–Crippen MR) is 87.6 cm³/mol. The van der Waals surface area contributed by atoms with Crippen LogP contribution < -0.4 is 0 Å². The molecule has 2 nitrogen and oxygen atoms in total. The number of rotatable bonds is 2. The van der Waals surface area contributed by atoms with E-state index in [2.05, 4.69) is 41.0 Å². The van der Waals surface area contributed by atoms with Crippen molar-refractivity contribution in [2.75, 3.05) is 19.6 Å². The summed E-state index contributed by atoms with van der Waals surface area (Å²) in [4.78, 5) is 5.67. The predicted octanol–water partition coefficient (Wildman–Crippen LogP) is 3.10. The standard InChI is InChI=1S/C19H28N2/c1-2-17-13-20-10-6-5-9-18(20)14-21(17)19-11-15-7-3-4-8-16(15)12-19/h3-4,7-8,17-19H,2,5-6,9-14H2,1H3. The minimum Gasteiger partial charge on any atom is -0.298 e. The molecule has 0 amide bonds. The maximum Gasteiger partial charge on any atom is 0.0224 e. The number of piperazine rings is 1. The van der Waals surface area contributed by atoms with Crippen molar-refractivity contribution in [1.29, 1.82) is 0 Å². The number of piperidine rings is 1. The van der Waals surface area contributed by atoms with Crippen LogP contribution in [0.15, 0.2) is 24.3 Å². The minimum atomic E-state index is 0.761. The Morgan fingerprint density at radius 1 is 1.00 bits per heavy atom. The first-order valence-electron chi connectivity index (χ1n) is 8.91. The van der Waals surface area contributed by atoms with E-state index in [4.69, 9.17) is 0 Å². The largest absolute Gasteiger partial charge is 0.298 e. The maximum absolute atomic E-state index is 2.88. The van der Waals surface area contributed by atoms with Gasteiger partial charge in [-0.1, -0.05) is 37.6 Å². The molecule has 0 N–H and O–H groups in total. The Morgan fingerprint density at radius 3 is 2.48 bits per heavy atom. The van der Waals surface area contributed by atoms with Gasteiger partial charge in [0.25, 0.3) is 0 Å². The van der Waals surface area contributed by atoms with Crippen LogP contribution in [0.4, 0.5) is 0 Å². The van der Waals surface area contributed by atoms with Crippen molar-refractivity contribution in [3.8, 4) is 0 Å². The Balaban J connectivity index is 1.51. The zero-order valence-corrected chi connectivity index (χ0v) is 13.3. The van der Waals surface area contributed by atoms with Crippen LogP contribution in [-0.2, 0) is 12.8 Å². The molecule has 3 aliphatic rings. The highest BCUT2D eigenvalue weighted by Gasteiger charge is 2.38. The second-order valence-corrected chi connectivity index (χ2v) is 7.23. The summed E-state index contributed by atoms with van der Waals surface area (Å²) < 4.78 is 0. The second kappa shape index (κ2) is 5.73. The molecule has 2 aliphatic heterocycles. The van der Waals surface area contributed by atoms with E-state index in [-0.39, 0.29) is 0 Å². The van der Waals surface area contributed by atoms with Gasteiger partial charge in [-0.3, -0.25) is 9.80 Å². The summed E-state index contributed by atoms with van der Waals surface area (Å²) in [5, 5.41) is 0. The van der Waals surface area contributed by atoms with Crippen molar-refractivity contribution in [3.05, 3.63) is 35.4 Å². The Hall–Kier alpha value is -0.860. The van der Waals surface area contributed by atoms with Gasteiger partial charge in [0.1, 0.15) is 0 Å². The summed E-state index contributed by atoms with van der Waals surface area (Å²) in [5.74, 6) is 0. The van der Waals surface area contributed by atoms with Gasteiger partial charge in [0, 0.05) is 31.2 Å². The maximum atomic E-state index is 2.88. The molecule has 114 valence electrons. The molecule has 2 atom stereocenters. The van der Waals surface area contributed by atoms with Crippen molar-refractivity contribution in [2.45, 2.75) is 63.6 Å². The summed E-state index contributed by atoms with van der Waals surface area (Å²) in [5.41, 5.74) is 3.20. The number of hydrogen-bond donors (Lipinski definition) is 0. The molecular formula is C19H28N2. The normalized spacial score (nSPS) is 31.1. The average Bonchev–Trinajstić information content (AvgIpc) is 2.97. The zero-order valence-electron chi connectivity index (χ0n) is 13.3. The van der Waals surface area contributed by atoms with Crippen molar-refractivity contribution >= 4 is 0 Å². The lowest BCUT2D eigenvalue weighted by Crippen LogP contribution is -2.61. The molecule has 21 heavy (non-hydrogen) atoms. The molecule has 2 saturated heterocycles. The fourth-order valence-corrected chi connectivity index (χ4v) is 4.86. The average molecular weight is 284 g/mol. The first-order chi connectivity index (χ1) is 10.3. The lowest BCUT2D eigenvalue weighted by atomic mass is 9.94. The molecule has 2 fully saturated rings. The van der Waals surface area contributed by atoms with Gasteiger partial charge in [0.05, 0.1) is 0 Å². The summed E-state index contributed by atoms with van der Waals surface area (Å²) in [6.45, 7) is 6.36. The molecule has 1 aliphatic carbocycles. The molecular weight excluding hydrogens is 256 g/mol. The lowest BCUT2D eigenvalue weighted by Gasteiger charge is -2.50. The first-order valence-corrected chi connectivity index (χ1v) is 8.91. The number of nitrogens with zero attached hydrogens (tertiary/aromatic N) is 2. The van der Waals surface area contributed by atoms with E-state index in [1.54, 1.807) is 11.1 Å². The van der Waals surface area contributed by atoms with E-state index in [0.717, 1.165) is 18.1 Å². The summed E-state index contributed by atoms with van der Waals surface area (Å²) in [6.07, 6.45) is 8.14. The lowest BCUT2D eigenvalue weighted by molar-refractivity contribution is -0.0133. The van der Waals surface area contributed by atoms with E-state index in [9.17, 15) is 0 Å². The third-order valence-electron chi connectivity index (χ3n) is 6.05. The molecule has 2 heteroatoms. The van der Waals surface area contributed by atoms with Gasteiger partial charge >= 0.3 is 0 Å². The number of hydrogen-bond acceptors (Lipinski definition) is 2. The number of fused-ring (bicyclic) bond motifs is 2. The van der Waals surface area contributed by atoms with Gasteiger partial charge in [0.15, 0.2) is 0 Å². The van der Waals surface area contributed by atoms with Crippen molar-refractivity contribution < 1.29 is 0 Å². The Labute approximate surface area is 129 Å². The van der Waals surface area contributed by atoms with Crippen LogP contribution in [0.2, 0.25) is 0 Å². The summed E-state index contributed by atoms with van der Waals surface area (Å²) in [6, 6.07) is 11.5. The monoisotopic (exact) mass is 284 g/mol. The van der Waals surface area contributed by atoms with Crippen molar-refractivity contribution in [2.24, 2.45) is 0 Å². The van der Waals surface area contributed by atoms with E-state index in [0.29, 0.717) is 0 Å². The third-order valence-corrected chi connectivity index (χ3v) is 6.05. The molecule has 2 unspecified atom stereocenters. The van der Waals surface area contributed by atoms with Crippen LogP contribution in [0.25, 0.3) is 0 Å². The molecule has 2 heterocycles. The van der Waals surface area contributed by atoms with Gasteiger partial charge in [-0.05, 0) is 49.8 Å².